The Morgan fingerprint density at radius 3 is 1.90 bits per heavy atom. The monoisotopic (exact) mass is 523 g/mol. The minimum atomic E-state index is 0. The molecule has 0 spiro atoms. The van der Waals surface area contributed by atoms with Crippen LogP contribution in [0.5, 0.6) is 0 Å². The van der Waals surface area contributed by atoms with Gasteiger partial charge in [0.05, 0.1) is 12.2 Å². The van der Waals surface area contributed by atoms with E-state index in [0.717, 1.165) is 51.6 Å². The van der Waals surface area contributed by atoms with Crippen molar-refractivity contribution in [2.24, 2.45) is 27.7 Å². The molecule has 2 aliphatic heterocycles. The average Bonchev–Trinajstić information content (AvgIpc) is 2.63. The summed E-state index contributed by atoms with van der Waals surface area (Å²) in [7, 11) is 0. The molecule has 0 aliphatic carbocycles. The van der Waals surface area contributed by atoms with E-state index in [9.17, 15) is 0 Å². The first-order chi connectivity index (χ1) is 13.1. The highest BCUT2D eigenvalue weighted by atomic mass is 127. The molecule has 2 aliphatic rings. The van der Waals surface area contributed by atoms with E-state index in [-0.39, 0.29) is 40.9 Å². The fourth-order valence-electron chi connectivity index (χ4n) is 4.77. The number of guanidine groups is 1. The molecule has 6 heteroatoms. The quantitative estimate of drug-likeness (QED) is 0.308. The maximum absolute atomic E-state index is 6.14. The fourth-order valence-corrected chi connectivity index (χ4v) is 4.77. The second-order valence-corrected chi connectivity index (χ2v) is 10.7. The van der Waals surface area contributed by atoms with Crippen LogP contribution < -0.4 is 10.6 Å². The number of ether oxygens (including phenoxy) is 2. The first-order valence-corrected chi connectivity index (χ1v) is 11.4. The standard InChI is InChI=1S/C23H45N3O2.HI/c1-8-24-21(25-15-17-11-9-13-27-19(17)22(2,3)4)26-16-18-12-10-14-28-20(18)23(5,6)7;/h17-20H,8-16H2,1-7H3,(H2,24,25,26);1H. The number of rotatable bonds is 5. The molecule has 2 fully saturated rings. The van der Waals surface area contributed by atoms with E-state index in [1.54, 1.807) is 0 Å². The number of nitrogens with one attached hydrogen (secondary N) is 2. The molecule has 0 saturated carbocycles. The summed E-state index contributed by atoms with van der Waals surface area (Å²) in [5.41, 5.74) is 0.327. The van der Waals surface area contributed by atoms with Gasteiger partial charge in [0.2, 0.25) is 0 Å². The normalized spacial score (nSPS) is 29.1. The molecule has 172 valence electrons. The molecule has 5 nitrogen and oxygen atoms in total. The van der Waals surface area contributed by atoms with Gasteiger partial charge in [-0.15, -0.1) is 24.0 Å². The molecule has 29 heavy (non-hydrogen) atoms. The van der Waals surface area contributed by atoms with Crippen LogP contribution in [0.3, 0.4) is 0 Å². The van der Waals surface area contributed by atoms with Gasteiger partial charge in [-0.3, -0.25) is 4.99 Å². The van der Waals surface area contributed by atoms with Crippen molar-refractivity contribution in [3.8, 4) is 0 Å². The second-order valence-electron chi connectivity index (χ2n) is 10.7. The van der Waals surface area contributed by atoms with E-state index in [2.05, 4.69) is 59.1 Å². The third kappa shape index (κ3) is 8.52. The smallest absolute Gasteiger partial charge is 0.191 e. The van der Waals surface area contributed by atoms with E-state index in [1.165, 1.54) is 12.8 Å². The molecule has 0 aromatic carbocycles. The van der Waals surface area contributed by atoms with Gasteiger partial charge in [0.15, 0.2) is 5.96 Å². The molecule has 2 heterocycles. The van der Waals surface area contributed by atoms with Crippen LogP contribution >= 0.6 is 24.0 Å². The van der Waals surface area contributed by atoms with Crippen molar-refractivity contribution in [2.45, 2.75) is 86.4 Å². The van der Waals surface area contributed by atoms with Crippen LogP contribution in [-0.2, 0) is 9.47 Å². The van der Waals surface area contributed by atoms with Crippen molar-refractivity contribution in [3.05, 3.63) is 0 Å². The number of hydrogen-bond donors (Lipinski definition) is 2. The summed E-state index contributed by atoms with van der Waals surface area (Å²) in [6, 6.07) is 0. The van der Waals surface area contributed by atoms with Crippen molar-refractivity contribution in [2.75, 3.05) is 32.8 Å². The highest BCUT2D eigenvalue weighted by Gasteiger charge is 2.36. The van der Waals surface area contributed by atoms with Gasteiger partial charge in [-0.1, -0.05) is 41.5 Å². The van der Waals surface area contributed by atoms with Crippen LogP contribution in [0.1, 0.15) is 74.1 Å². The summed E-state index contributed by atoms with van der Waals surface area (Å²) >= 11 is 0. The van der Waals surface area contributed by atoms with Gasteiger partial charge in [-0.05, 0) is 43.4 Å². The number of halogens is 1. The molecule has 0 aromatic heterocycles. The van der Waals surface area contributed by atoms with E-state index < -0.39 is 0 Å². The number of aliphatic imine (C=N–C) groups is 1. The first kappa shape index (κ1) is 27.0. The lowest BCUT2D eigenvalue weighted by molar-refractivity contribution is -0.0837. The van der Waals surface area contributed by atoms with E-state index in [0.29, 0.717) is 17.9 Å². The Morgan fingerprint density at radius 2 is 1.38 bits per heavy atom. The predicted molar refractivity (Wildman–Crippen MR) is 133 cm³/mol. The largest absolute Gasteiger partial charge is 0.377 e. The highest BCUT2D eigenvalue weighted by Crippen LogP contribution is 2.35. The van der Waals surface area contributed by atoms with Gasteiger partial charge in [0.25, 0.3) is 0 Å². The minimum Gasteiger partial charge on any atom is -0.377 e. The van der Waals surface area contributed by atoms with Crippen molar-refractivity contribution < 1.29 is 9.47 Å². The lowest BCUT2D eigenvalue weighted by atomic mass is 9.78. The Bertz CT molecular complexity index is 499. The first-order valence-electron chi connectivity index (χ1n) is 11.4. The number of nitrogens with zero attached hydrogens (tertiary/aromatic N) is 1. The van der Waals surface area contributed by atoms with Crippen LogP contribution in [-0.4, -0.2) is 51.0 Å². The van der Waals surface area contributed by atoms with Gasteiger partial charge in [-0.2, -0.15) is 0 Å². The molecule has 4 unspecified atom stereocenters. The topological polar surface area (TPSA) is 54.9 Å². The molecule has 2 rings (SSSR count). The predicted octanol–water partition coefficient (Wildman–Crippen LogP) is 4.84. The summed E-state index contributed by atoms with van der Waals surface area (Å²) in [5.74, 6) is 1.95. The van der Waals surface area contributed by atoms with Crippen LogP contribution in [0.25, 0.3) is 0 Å². The minimum absolute atomic E-state index is 0. The van der Waals surface area contributed by atoms with Crippen LogP contribution in [0.2, 0.25) is 0 Å². The Balaban J connectivity index is 0.00000420. The van der Waals surface area contributed by atoms with E-state index in [4.69, 9.17) is 14.5 Å². The molecule has 0 amide bonds. The Labute approximate surface area is 196 Å². The maximum atomic E-state index is 6.14. The Kier molecular flexibility index (Phi) is 11.2. The van der Waals surface area contributed by atoms with Gasteiger partial charge < -0.3 is 20.1 Å². The van der Waals surface area contributed by atoms with Gasteiger partial charge in [0, 0.05) is 44.7 Å². The SMILES string of the molecule is CCNC(=NCC1CCCOC1C(C)(C)C)NCC1CCCOC1C(C)(C)C.I. The Hall–Kier alpha value is -0.0800. The summed E-state index contributed by atoms with van der Waals surface area (Å²) in [5, 5.41) is 7.03. The van der Waals surface area contributed by atoms with Crippen molar-refractivity contribution in [1.82, 2.24) is 10.6 Å². The summed E-state index contributed by atoms with van der Waals surface area (Å²) in [6.45, 7) is 20.2. The lowest BCUT2D eigenvalue weighted by Crippen LogP contribution is -2.48. The second kappa shape index (κ2) is 12.1. The molecule has 4 atom stereocenters. The zero-order valence-corrected chi connectivity index (χ0v) is 22.2. The number of hydrogen-bond acceptors (Lipinski definition) is 3. The summed E-state index contributed by atoms with van der Waals surface area (Å²) < 4.78 is 12.3. The van der Waals surface area contributed by atoms with Gasteiger partial charge >= 0.3 is 0 Å². The van der Waals surface area contributed by atoms with E-state index >= 15 is 0 Å². The Morgan fingerprint density at radius 1 is 0.862 bits per heavy atom. The third-order valence-corrected chi connectivity index (χ3v) is 5.96. The van der Waals surface area contributed by atoms with Crippen LogP contribution in [0.4, 0.5) is 0 Å². The molecule has 2 N–H and O–H groups in total. The van der Waals surface area contributed by atoms with Crippen LogP contribution in [0.15, 0.2) is 4.99 Å². The molecular weight excluding hydrogens is 477 g/mol. The zero-order valence-electron chi connectivity index (χ0n) is 19.8. The highest BCUT2D eigenvalue weighted by molar-refractivity contribution is 14.0. The fraction of sp³-hybridized carbons (Fsp3) is 0.957. The molecular formula is C23H46IN3O2. The van der Waals surface area contributed by atoms with Crippen molar-refractivity contribution >= 4 is 29.9 Å². The van der Waals surface area contributed by atoms with Crippen molar-refractivity contribution in [1.29, 1.82) is 0 Å². The maximum Gasteiger partial charge on any atom is 0.191 e. The van der Waals surface area contributed by atoms with Gasteiger partial charge in [0.1, 0.15) is 0 Å². The van der Waals surface area contributed by atoms with E-state index in [1.807, 2.05) is 0 Å². The molecule has 0 bridgehead atoms. The molecule has 2 saturated heterocycles. The average molecular weight is 524 g/mol. The third-order valence-electron chi connectivity index (χ3n) is 5.96. The van der Waals surface area contributed by atoms with Crippen molar-refractivity contribution in [3.63, 3.8) is 0 Å². The van der Waals surface area contributed by atoms with Gasteiger partial charge in [-0.25, -0.2) is 0 Å². The summed E-state index contributed by atoms with van der Waals surface area (Å²) in [4.78, 5) is 4.95. The zero-order chi connectivity index (χ0) is 20.8. The summed E-state index contributed by atoms with van der Waals surface area (Å²) in [6.07, 6.45) is 5.30. The molecule has 0 radical (unpaired) electrons. The lowest BCUT2D eigenvalue weighted by Gasteiger charge is -2.40. The molecule has 0 aromatic rings. The van der Waals surface area contributed by atoms with Crippen LogP contribution in [0, 0.1) is 22.7 Å².